The summed E-state index contributed by atoms with van der Waals surface area (Å²) in [7, 11) is 0. The van der Waals surface area contributed by atoms with E-state index in [2.05, 4.69) is 4.98 Å². The number of aliphatic carboxylic acids is 1. The second-order valence-corrected chi connectivity index (χ2v) is 3.89. The van der Waals surface area contributed by atoms with Crippen molar-refractivity contribution < 1.29 is 15.0 Å². The first-order valence-corrected chi connectivity index (χ1v) is 4.77. The van der Waals surface area contributed by atoms with Gasteiger partial charge < -0.3 is 10.2 Å². The molecule has 0 atom stereocenters. The average Bonchev–Trinajstić information content (AvgIpc) is 2.47. The van der Waals surface area contributed by atoms with Crippen LogP contribution in [0.25, 0.3) is 10.2 Å². The molecule has 1 aromatic carbocycles. The molecule has 1 aromatic heterocycles. The number of thiazole rings is 1. The molecule has 0 radical (unpaired) electrons. The molecule has 0 fully saturated rings. The van der Waals surface area contributed by atoms with Crippen molar-refractivity contribution in [2.24, 2.45) is 0 Å². The number of benzene rings is 1. The van der Waals surface area contributed by atoms with Crippen LogP contribution >= 0.6 is 11.3 Å². The molecule has 2 aromatic rings. The molecule has 72 valence electrons. The third-order valence-corrected chi connectivity index (χ3v) is 2.83. The van der Waals surface area contributed by atoms with Crippen LogP contribution in [-0.4, -0.2) is 21.2 Å². The smallest absolute Gasteiger partial charge is 0.310 e. The molecular formula is C9H7NO3S. The summed E-state index contributed by atoms with van der Waals surface area (Å²) in [5.74, 6) is -0.764. The second kappa shape index (κ2) is 3.26. The monoisotopic (exact) mass is 209 g/mol. The van der Waals surface area contributed by atoms with Crippen LogP contribution in [0.15, 0.2) is 18.2 Å². The fourth-order valence-electron chi connectivity index (χ4n) is 1.19. The van der Waals surface area contributed by atoms with E-state index >= 15 is 0 Å². The summed E-state index contributed by atoms with van der Waals surface area (Å²) in [5, 5.41) is 18.5. The van der Waals surface area contributed by atoms with Crippen molar-refractivity contribution in [1.82, 2.24) is 4.98 Å². The van der Waals surface area contributed by atoms with Gasteiger partial charge in [-0.05, 0) is 12.1 Å². The highest BCUT2D eigenvalue weighted by molar-refractivity contribution is 7.19. The Morgan fingerprint density at radius 2 is 2.29 bits per heavy atom. The Morgan fingerprint density at radius 3 is 2.93 bits per heavy atom. The van der Waals surface area contributed by atoms with Gasteiger partial charge in [0.05, 0.1) is 16.6 Å². The molecule has 0 aliphatic rings. The number of carboxylic acid groups (broad SMARTS) is 1. The molecule has 0 saturated carbocycles. The lowest BCUT2D eigenvalue weighted by Gasteiger charge is -1.89. The number of fused-ring (bicyclic) bond motifs is 1. The lowest BCUT2D eigenvalue weighted by molar-refractivity contribution is -0.136. The number of aromatic hydroxyl groups is 1. The zero-order chi connectivity index (χ0) is 10.1. The van der Waals surface area contributed by atoms with Crippen molar-refractivity contribution in [1.29, 1.82) is 0 Å². The number of hydrogen-bond acceptors (Lipinski definition) is 4. The van der Waals surface area contributed by atoms with Crippen molar-refractivity contribution in [3.63, 3.8) is 0 Å². The van der Waals surface area contributed by atoms with Crippen molar-refractivity contribution in [2.75, 3.05) is 0 Å². The van der Waals surface area contributed by atoms with Crippen molar-refractivity contribution in [3.8, 4) is 5.75 Å². The van der Waals surface area contributed by atoms with Crippen molar-refractivity contribution in [2.45, 2.75) is 6.42 Å². The fourth-order valence-corrected chi connectivity index (χ4v) is 2.15. The summed E-state index contributed by atoms with van der Waals surface area (Å²) in [5.41, 5.74) is 0.645. The minimum absolute atomic E-state index is 0.0984. The highest BCUT2D eigenvalue weighted by Crippen LogP contribution is 2.30. The molecule has 2 rings (SSSR count). The summed E-state index contributed by atoms with van der Waals surface area (Å²) in [6.45, 7) is 0. The molecule has 14 heavy (non-hydrogen) atoms. The Balaban J connectivity index is 2.51. The minimum atomic E-state index is -0.913. The maximum absolute atomic E-state index is 10.4. The Bertz CT molecular complexity index is 492. The molecule has 2 N–H and O–H groups in total. The quantitative estimate of drug-likeness (QED) is 0.788. The van der Waals surface area contributed by atoms with E-state index in [1.165, 1.54) is 11.3 Å². The molecule has 0 saturated heterocycles. The van der Waals surface area contributed by atoms with Gasteiger partial charge in [0.15, 0.2) is 0 Å². The number of carboxylic acids is 1. The maximum atomic E-state index is 10.4. The summed E-state index contributed by atoms with van der Waals surface area (Å²) in [6.07, 6.45) is -0.0984. The first-order valence-electron chi connectivity index (χ1n) is 3.96. The molecule has 5 heteroatoms. The van der Waals surface area contributed by atoms with Crippen LogP contribution in [0.4, 0.5) is 0 Å². The maximum Gasteiger partial charge on any atom is 0.310 e. The zero-order valence-corrected chi connectivity index (χ0v) is 7.91. The van der Waals surface area contributed by atoms with Crippen LogP contribution in [-0.2, 0) is 11.2 Å². The third kappa shape index (κ3) is 1.54. The molecule has 0 bridgehead atoms. The molecule has 1 heterocycles. The highest BCUT2D eigenvalue weighted by atomic mass is 32.1. The molecule has 0 aliphatic heterocycles. The van der Waals surface area contributed by atoms with Gasteiger partial charge in [0.25, 0.3) is 0 Å². The number of carbonyl (C=O) groups is 1. The fraction of sp³-hybridized carbons (Fsp3) is 0.111. The normalized spacial score (nSPS) is 10.6. The third-order valence-electron chi connectivity index (χ3n) is 1.74. The van der Waals surface area contributed by atoms with Gasteiger partial charge in [-0.25, -0.2) is 4.98 Å². The van der Waals surface area contributed by atoms with E-state index in [1.54, 1.807) is 18.2 Å². The van der Waals surface area contributed by atoms with Gasteiger partial charge in [-0.3, -0.25) is 4.79 Å². The number of rotatable bonds is 2. The van der Waals surface area contributed by atoms with E-state index in [4.69, 9.17) is 5.11 Å². The topological polar surface area (TPSA) is 70.4 Å². The number of phenols is 1. The molecular weight excluding hydrogens is 202 g/mol. The zero-order valence-electron chi connectivity index (χ0n) is 7.10. The minimum Gasteiger partial charge on any atom is -0.506 e. The van der Waals surface area contributed by atoms with E-state index in [0.29, 0.717) is 15.2 Å². The van der Waals surface area contributed by atoms with Crippen LogP contribution in [0.3, 0.4) is 0 Å². The first kappa shape index (κ1) is 8.96. The summed E-state index contributed by atoms with van der Waals surface area (Å²) >= 11 is 1.21. The van der Waals surface area contributed by atoms with E-state index in [-0.39, 0.29) is 12.2 Å². The number of nitrogens with zero attached hydrogens (tertiary/aromatic N) is 1. The molecule has 0 amide bonds. The molecule has 0 spiro atoms. The van der Waals surface area contributed by atoms with E-state index < -0.39 is 5.97 Å². The van der Waals surface area contributed by atoms with Gasteiger partial charge in [-0.2, -0.15) is 0 Å². The first-order chi connectivity index (χ1) is 6.66. The predicted molar refractivity (Wildman–Crippen MR) is 52.6 cm³/mol. The van der Waals surface area contributed by atoms with Crippen molar-refractivity contribution in [3.05, 3.63) is 23.2 Å². The SMILES string of the molecule is O=C(O)Cc1nc2cccc(O)c2s1. The van der Waals surface area contributed by atoms with Gasteiger partial charge in [0.2, 0.25) is 0 Å². The van der Waals surface area contributed by atoms with Crippen molar-refractivity contribution >= 4 is 27.5 Å². The largest absolute Gasteiger partial charge is 0.506 e. The van der Waals surface area contributed by atoms with Gasteiger partial charge in [-0.15, -0.1) is 11.3 Å². The lowest BCUT2D eigenvalue weighted by atomic mass is 10.3. The van der Waals surface area contributed by atoms with Crippen LogP contribution in [0.2, 0.25) is 0 Å². The highest BCUT2D eigenvalue weighted by Gasteiger charge is 2.09. The van der Waals surface area contributed by atoms with Crippen LogP contribution in [0, 0.1) is 0 Å². The van der Waals surface area contributed by atoms with Gasteiger partial charge >= 0.3 is 5.97 Å². The molecule has 4 nitrogen and oxygen atoms in total. The summed E-state index contributed by atoms with van der Waals surface area (Å²) < 4.78 is 0.642. The Labute approximate surface area is 83.5 Å². The molecule has 0 unspecified atom stereocenters. The number of hydrogen-bond donors (Lipinski definition) is 2. The number of phenolic OH excluding ortho intramolecular Hbond substituents is 1. The summed E-state index contributed by atoms with van der Waals surface area (Å²) in [6, 6.07) is 4.99. The molecule has 0 aliphatic carbocycles. The van der Waals surface area contributed by atoms with E-state index in [0.717, 1.165) is 0 Å². The van der Waals surface area contributed by atoms with Gasteiger partial charge in [0.1, 0.15) is 10.8 Å². The van der Waals surface area contributed by atoms with Crippen LogP contribution in [0.5, 0.6) is 5.75 Å². The predicted octanol–water partition coefficient (Wildman–Crippen LogP) is 1.63. The standard InChI is InChI=1S/C9H7NO3S/c11-6-3-1-2-5-9(6)14-7(10-5)4-8(12)13/h1-3,11H,4H2,(H,12,13). The Hall–Kier alpha value is -1.62. The Morgan fingerprint density at radius 1 is 1.50 bits per heavy atom. The average molecular weight is 209 g/mol. The van der Waals surface area contributed by atoms with Gasteiger partial charge in [-0.1, -0.05) is 6.07 Å². The van der Waals surface area contributed by atoms with Crippen LogP contribution < -0.4 is 0 Å². The van der Waals surface area contributed by atoms with Gasteiger partial charge in [0, 0.05) is 0 Å². The van der Waals surface area contributed by atoms with Crippen LogP contribution in [0.1, 0.15) is 5.01 Å². The van der Waals surface area contributed by atoms with E-state index in [9.17, 15) is 9.90 Å². The Kier molecular flexibility index (Phi) is 2.09. The summed E-state index contributed by atoms with van der Waals surface area (Å²) in [4.78, 5) is 14.5. The second-order valence-electron chi connectivity index (χ2n) is 2.80. The number of aromatic nitrogens is 1. The lowest BCUT2D eigenvalue weighted by Crippen LogP contribution is -1.98. The van der Waals surface area contributed by atoms with E-state index in [1.807, 2.05) is 0 Å².